The molecule has 1 atom stereocenters. The topological polar surface area (TPSA) is 69.4 Å². The van der Waals surface area contributed by atoms with Crippen LogP contribution in [0.25, 0.3) is 0 Å². The maximum atomic E-state index is 11.1. The second-order valence-corrected chi connectivity index (χ2v) is 2.47. The summed E-state index contributed by atoms with van der Waals surface area (Å²) in [5.74, 6) is -0.933. The van der Waals surface area contributed by atoms with Crippen LogP contribution in [0.1, 0.15) is 13.8 Å². The number of nitrogens with two attached hydrogens (primary N) is 1. The normalized spacial score (nSPS) is 28.7. The Hall–Kier alpha value is -1.32. The van der Waals surface area contributed by atoms with Gasteiger partial charge in [0.1, 0.15) is 5.57 Å². The van der Waals surface area contributed by atoms with E-state index in [0.717, 1.165) is 0 Å². The summed E-state index contributed by atoms with van der Waals surface area (Å²) in [6, 6.07) is 0. The molecule has 2 N–H and O–H groups in total. The summed E-state index contributed by atoms with van der Waals surface area (Å²) in [6.45, 7) is 3.03. The minimum absolute atomic E-state index is 0.00231. The van der Waals surface area contributed by atoms with E-state index in [9.17, 15) is 9.59 Å². The van der Waals surface area contributed by atoms with Crippen molar-refractivity contribution in [1.29, 1.82) is 0 Å². The van der Waals surface area contributed by atoms with Gasteiger partial charge in [0, 0.05) is 5.70 Å². The minimum Gasteiger partial charge on any atom is -0.451 e. The average Bonchev–Trinajstić information content (AvgIpc) is 2.07. The molecule has 60 valence electrons. The molecule has 4 nitrogen and oxygen atoms in total. The van der Waals surface area contributed by atoms with Crippen LogP contribution < -0.4 is 5.73 Å². The fourth-order valence-electron chi connectivity index (χ4n) is 0.932. The van der Waals surface area contributed by atoms with Crippen LogP contribution in [0, 0.1) is 0 Å². The Bertz CT molecular complexity index is 250. The van der Waals surface area contributed by atoms with E-state index in [1.807, 2.05) is 0 Å². The Kier molecular flexibility index (Phi) is 1.68. The fraction of sp³-hybridized carbons (Fsp3) is 0.429. The van der Waals surface area contributed by atoms with Gasteiger partial charge < -0.3 is 10.5 Å². The summed E-state index contributed by atoms with van der Waals surface area (Å²) in [5, 5.41) is 0. The van der Waals surface area contributed by atoms with Crippen molar-refractivity contribution in [2.24, 2.45) is 5.73 Å². The van der Waals surface area contributed by atoms with Crippen molar-refractivity contribution in [2.45, 2.75) is 20.0 Å². The molecule has 0 amide bonds. The molecule has 0 saturated carbocycles. The van der Waals surface area contributed by atoms with E-state index in [-0.39, 0.29) is 17.1 Å². The van der Waals surface area contributed by atoms with Crippen LogP contribution in [0.15, 0.2) is 11.3 Å². The monoisotopic (exact) mass is 155 g/mol. The zero-order valence-corrected chi connectivity index (χ0v) is 6.38. The van der Waals surface area contributed by atoms with E-state index < -0.39 is 12.1 Å². The van der Waals surface area contributed by atoms with E-state index in [1.165, 1.54) is 13.8 Å². The predicted octanol–water partition coefficient (Wildman–Crippen LogP) is -0.267. The zero-order valence-electron chi connectivity index (χ0n) is 6.38. The molecule has 0 radical (unpaired) electrons. The molecule has 0 aliphatic carbocycles. The summed E-state index contributed by atoms with van der Waals surface area (Å²) < 4.78 is 4.62. The van der Waals surface area contributed by atoms with Crippen molar-refractivity contribution in [3.63, 3.8) is 0 Å². The van der Waals surface area contributed by atoms with Crippen LogP contribution >= 0.6 is 0 Å². The van der Waals surface area contributed by atoms with Crippen LogP contribution in [-0.2, 0) is 14.3 Å². The molecule has 11 heavy (non-hydrogen) atoms. The third kappa shape index (κ3) is 1.11. The first-order valence-electron chi connectivity index (χ1n) is 3.25. The maximum Gasteiger partial charge on any atom is 0.344 e. The van der Waals surface area contributed by atoms with Crippen LogP contribution in [0.2, 0.25) is 0 Å². The van der Waals surface area contributed by atoms with Crippen LogP contribution in [0.5, 0.6) is 0 Å². The highest BCUT2D eigenvalue weighted by Gasteiger charge is 2.36. The SMILES string of the molecule is CC(N)=C1C(=O)O[C@@H](C)C1=O. The maximum absolute atomic E-state index is 11.1. The highest BCUT2D eigenvalue weighted by Crippen LogP contribution is 2.17. The Morgan fingerprint density at radius 3 is 2.27 bits per heavy atom. The van der Waals surface area contributed by atoms with Crippen molar-refractivity contribution in [2.75, 3.05) is 0 Å². The number of cyclic esters (lactones) is 1. The van der Waals surface area contributed by atoms with Crippen molar-refractivity contribution in [3.8, 4) is 0 Å². The van der Waals surface area contributed by atoms with Crippen LogP contribution in [0.4, 0.5) is 0 Å². The first-order valence-corrected chi connectivity index (χ1v) is 3.25. The van der Waals surface area contributed by atoms with Gasteiger partial charge in [0.05, 0.1) is 0 Å². The number of allylic oxidation sites excluding steroid dienone is 1. The van der Waals surface area contributed by atoms with Gasteiger partial charge in [-0.05, 0) is 13.8 Å². The predicted molar refractivity (Wildman–Crippen MR) is 37.4 cm³/mol. The van der Waals surface area contributed by atoms with Gasteiger partial charge in [0.15, 0.2) is 6.10 Å². The number of carbonyl (C=O) groups excluding carboxylic acids is 2. The molecule has 0 aromatic carbocycles. The number of hydrogen-bond donors (Lipinski definition) is 1. The molecule has 4 heteroatoms. The lowest BCUT2D eigenvalue weighted by atomic mass is 10.1. The number of ether oxygens (including phenoxy) is 1. The van der Waals surface area contributed by atoms with Crippen LogP contribution in [0.3, 0.4) is 0 Å². The molecule has 0 unspecified atom stereocenters. The van der Waals surface area contributed by atoms with Gasteiger partial charge in [-0.1, -0.05) is 0 Å². The molecule has 0 bridgehead atoms. The minimum atomic E-state index is -0.670. The lowest BCUT2D eigenvalue weighted by Gasteiger charge is -1.93. The first kappa shape index (κ1) is 7.78. The molecule has 0 aromatic rings. The summed E-state index contributed by atoms with van der Waals surface area (Å²) in [6.07, 6.45) is -0.670. The molecule has 1 rings (SSSR count). The summed E-state index contributed by atoms with van der Waals surface area (Å²) in [4.78, 5) is 21.9. The van der Waals surface area contributed by atoms with E-state index >= 15 is 0 Å². The smallest absolute Gasteiger partial charge is 0.344 e. The second kappa shape index (κ2) is 2.38. The standard InChI is InChI=1S/C7H9NO3/c1-3(8)5-6(9)4(2)11-7(5)10/h4H,8H2,1-2H3/t4-/m0/s1. The molecule has 1 aliphatic rings. The highest BCUT2D eigenvalue weighted by molar-refractivity contribution is 6.23. The van der Waals surface area contributed by atoms with Crippen molar-refractivity contribution >= 4 is 11.8 Å². The Morgan fingerprint density at radius 1 is 1.55 bits per heavy atom. The molecule has 1 aliphatic heterocycles. The van der Waals surface area contributed by atoms with Gasteiger partial charge in [-0.15, -0.1) is 0 Å². The molecule has 0 aromatic heterocycles. The third-order valence-corrected chi connectivity index (χ3v) is 1.50. The number of Topliss-reactive ketones (excluding diaryl/α,β-unsaturated/α-hetero) is 1. The number of ketones is 1. The van der Waals surface area contributed by atoms with Gasteiger partial charge in [-0.25, -0.2) is 4.79 Å². The molecule has 0 spiro atoms. The molecule has 1 fully saturated rings. The van der Waals surface area contributed by atoms with E-state index in [2.05, 4.69) is 4.74 Å². The lowest BCUT2D eigenvalue weighted by molar-refractivity contribution is -0.139. The average molecular weight is 155 g/mol. The van der Waals surface area contributed by atoms with E-state index in [4.69, 9.17) is 5.73 Å². The summed E-state index contributed by atoms with van der Waals surface area (Å²) in [5.41, 5.74) is 5.52. The number of esters is 1. The zero-order chi connectivity index (χ0) is 8.59. The quantitative estimate of drug-likeness (QED) is 0.297. The van der Waals surface area contributed by atoms with Gasteiger partial charge in [0.2, 0.25) is 5.78 Å². The van der Waals surface area contributed by atoms with E-state index in [0.29, 0.717) is 0 Å². The molecular weight excluding hydrogens is 146 g/mol. The molecule has 1 heterocycles. The fourth-order valence-corrected chi connectivity index (χ4v) is 0.932. The van der Waals surface area contributed by atoms with Gasteiger partial charge >= 0.3 is 5.97 Å². The molecule has 1 saturated heterocycles. The Balaban J connectivity index is 3.09. The van der Waals surface area contributed by atoms with Gasteiger partial charge in [-0.2, -0.15) is 0 Å². The first-order chi connectivity index (χ1) is 5.04. The largest absolute Gasteiger partial charge is 0.451 e. The number of carbonyl (C=O) groups is 2. The van der Waals surface area contributed by atoms with Crippen molar-refractivity contribution in [1.82, 2.24) is 0 Å². The summed E-state index contributed by atoms with van der Waals surface area (Å²) >= 11 is 0. The lowest BCUT2D eigenvalue weighted by Crippen LogP contribution is -2.13. The van der Waals surface area contributed by atoms with Crippen molar-refractivity contribution < 1.29 is 14.3 Å². The summed E-state index contributed by atoms with van der Waals surface area (Å²) in [7, 11) is 0. The number of rotatable bonds is 0. The second-order valence-electron chi connectivity index (χ2n) is 2.47. The molecular formula is C7H9NO3. The van der Waals surface area contributed by atoms with E-state index in [1.54, 1.807) is 0 Å². The van der Waals surface area contributed by atoms with Gasteiger partial charge in [0.25, 0.3) is 0 Å². The number of hydrogen-bond acceptors (Lipinski definition) is 4. The highest BCUT2D eigenvalue weighted by atomic mass is 16.6. The Morgan fingerprint density at radius 2 is 2.09 bits per heavy atom. The third-order valence-electron chi connectivity index (χ3n) is 1.50. The van der Waals surface area contributed by atoms with Crippen molar-refractivity contribution in [3.05, 3.63) is 11.3 Å². The van der Waals surface area contributed by atoms with Crippen LogP contribution in [-0.4, -0.2) is 17.9 Å². The van der Waals surface area contributed by atoms with Gasteiger partial charge in [-0.3, -0.25) is 4.79 Å². The Labute approximate surface area is 64.0 Å².